The molecule has 4 heterocycles. The predicted octanol–water partition coefficient (Wildman–Crippen LogP) is 3.54. The van der Waals surface area contributed by atoms with E-state index in [0.29, 0.717) is 49.4 Å². The van der Waals surface area contributed by atoms with Crippen LogP contribution >= 0.6 is 0 Å². The van der Waals surface area contributed by atoms with Gasteiger partial charge in [0.1, 0.15) is 5.60 Å². The quantitative estimate of drug-likeness (QED) is 0.475. The van der Waals surface area contributed by atoms with Crippen LogP contribution in [0.25, 0.3) is 0 Å². The van der Waals surface area contributed by atoms with Gasteiger partial charge in [0.25, 0.3) is 5.91 Å². The minimum absolute atomic E-state index is 0.0912. The Bertz CT molecular complexity index is 1330. The molecule has 246 valence electrons. The average Bonchev–Trinajstić information content (AvgIpc) is 3.00. The third-order valence-electron chi connectivity index (χ3n) is 9.08. The maximum atomic E-state index is 12.8. The van der Waals surface area contributed by atoms with Crippen LogP contribution in [0, 0.1) is 0 Å². The van der Waals surface area contributed by atoms with Crippen LogP contribution in [0.1, 0.15) is 63.6 Å². The van der Waals surface area contributed by atoms with E-state index in [4.69, 9.17) is 15.5 Å². The molecule has 1 aromatic heterocycles. The number of rotatable bonds is 7. The standard InChI is InChI=1S/C33H51N9O3/c1-7-27-31(41-20-21-42(23(2)22-41)32(44)45-33(3,4)5)37-30(28(36-27)29(34)43)35-24-8-10-25(11-9-24)39-14-12-26(13-15-39)40-18-16-38(6)17-19-40/h8-11,23,26H,7,12-22H2,1-6H3,(H2,34,43)(H,35,37)/t23-/m0/s1. The van der Waals surface area contributed by atoms with E-state index in [9.17, 15) is 9.59 Å². The number of amides is 2. The van der Waals surface area contributed by atoms with Crippen LogP contribution < -0.4 is 20.9 Å². The molecule has 3 saturated heterocycles. The highest BCUT2D eigenvalue weighted by Gasteiger charge is 2.33. The summed E-state index contributed by atoms with van der Waals surface area (Å²) in [5.74, 6) is 0.396. The first-order chi connectivity index (χ1) is 21.4. The van der Waals surface area contributed by atoms with Crippen molar-refractivity contribution in [3.63, 3.8) is 0 Å². The third-order valence-corrected chi connectivity index (χ3v) is 9.08. The molecule has 3 fully saturated rings. The number of primary amides is 1. The Hall–Kier alpha value is -3.64. The molecule has 5 rings (SSSR count). The number of aromatic nitrogens is 2. The van der Waals surface area contributed by atoms with Crippen LogP contribution in [0.15, 0.2) is 24.3 Å². The summed E-state index contributed by atoms with van der Waals surface area (Å²) in [5, 5.41) is 3.32. The topological polar surface area (TPSA) is 123 Å². The molecule has 2 amide bonds. The van der Waals surface area contributed by atoms with Crippen molar-refractivity contribution in [1.82, 2.24) is 24.7 Å². The summed E-state index contributed by atoms with van der Waals surface area (Å²) >= 11 is 0. The van der Waals surface area contributed by atoms with Crippen LogP contribution in [0.5, 0.6) is 0 Å². The normalized spacial score (nSPS) is 20.8. The zero-order valence-electron chi connectivity index (χ0n) is 27.9. The number of piperidine rings is 1. The Morgan fingerprint density at radius 1 is 0.956 bits per heavy atom. The highest BCUT2D eigenvalue weighted by Crippen LogP contribution is 2.29. The first kappa shape index (κ1) is 32.7. The monoisotopic (exact) mass is 621 g/mol. The van der Waals surface area contributed by atoms with Crippen molar-refractivity contribution < 1.29 is 14.3 Å². The zero-order valence-corrected chi connectivity index (χ0v) is 27.9. The average molecular weight is 622 g/mol. The van der Waals surface area contributed by atoms with Gasteiger partial charge in [-0.1, -0.05) is 6.92 Å². The van der Waals surface area contributed by atoms with Crippen molar-refractivity contribution in [2.75, 3.05) is 81.1 Å². The van der Waals surface area contributed by atoms with E-state index in [0.717, 1.165) is 31.9 Å². The smallest absolute Gasteiger partial charge is 0.410 e. The molecule has 0 unspecified atom stereocenters. The number of carbonyl (C=O) groups excluding carboxylic acids is 2. The van der Waals surface area contributed by atoms with E-state index in [1.165, 1.54) is 31.6 Å². The van der Waals surface area contributed by atoms with Gasteiger partial charge >= 0.3 is 6.09 Å². The molecule has 1 aromatic carbocycles. The number of ether oxygens (including phenoxy) is 1. The molecule has 12 nitrogen and oxygen atoms in total. The molecule has 45 heavy (non-hydrogen) atoms. The fraction of sp³-hybridized carbons (Fsp3) is 0.636. The van der Waals surface area contributed by atoms with Crippen LogP contribution in [-0.2, 0) is 11.2 Å². The van der Waals surface area contributed by atoms with Crippen LogP contribution in [0.3, 0.4) is 0 Å². The largest absolute Gasteiger partial charge is 0.444 e. The number of nitrogens with two attached hydrogens (primary N) is 1. The summed E-state index contributed by atoms with van der Waals surface area (Å²) in [7, 11) is 2.20. The van der Waals surface area contributed by atoms with Gasteiger partial charge in [-0.25, -0.2) is 14.8 Å². The van der Waals surface area contributed by atoms with E-state index in [1.807, 2.05) is 46.8 Å². The second-order valence-corrected chi connectivity index (χ2v) is 13.6. The van der Waals surface area contributed by atoms with Crippen LogP contribution in [0.2, 0.25) is 0 Å². The second kappa shape index (κ2) is 13.8. The van der Waals surface area contributed by atoms with E-state index in [1.54, 1.807) is 4.90 Å². The van der Waals surface area contributed by atoms with Crippen molar-refractivity contribution in [3.8, 4) is 0 Å². The second-order valence-electron chi connectivity index (χ2n) is 13.6. The van der Waals surface area contributed by atoms with Gasteiger partial charge in [0.2, 0.25) is 0 Å². The molecule has 3 aliphatic heterocycles. The van der Waals surface area contributed by atoms with Crippen molar-refractivity contribution in [3.05, 3.63) is 35.7 Å². The lowest BCUT2D eigenvalue weighted by Crippen LogP contribution is -2.55. The summed E-state index contributed by atoms with van der Waals surface area (Å²) < 4.78 is 5.61. The molecular formula is C33H51N9O3. The van der Waals surface area contributed by atoms with E-state index in [-0.39, 0.29) is 17.8 Å². The number of likely N-dealkylation sites (N-methyl/N-ethyl adjacent to an activating group) is 1. The number of nitrogens with zero attached hydrogens (tertiary/aromatic N) is 7. The number of hydrogen-bond donors (Lipinski definition) is 2. The highest BCUT2D eigenvalue weighted by atomic mass is 16.6. The predicted molar refractivity (Wildman–Crippen MR) is 179 cm³/mol. The van der Waals surface area contributed by atoms with E-state index < -0.39 is 11.5 Å². The van der Waals surface area contributed by atoms with Crippen molar-refractivity contribution >= 4 is 35.0 Å². The summed E-state index contributed by atoms with van der Waals surface area (Å²) in [6.07, 6.45) is 2.63. The van der Waals surface area contributed by atoms with Gasteiger partial charge in [-0.15, -0.1) is 0 Å². The van der Waals surface area contributed by atoms with Crippen LogP contribution in [0.4, 0.5) is 27.8 Å². The van der Waals surface area contributed by atoms with Gasteiger partial charge in [0.05, 0.1) is 5.69 Å². The Balaban J connectivity index is 1.26. The highest BCUT2D eigenvalue weighted by molar-refractivity contribution is 5.96. The summed E-state index contributed by atoms with van der Waals surface area (Å²) in [5.41, 5.74) is 8.03. The van der Waals surface area contributed by atoms with Crippen molar-refractivity contribution in [2.45, 2.75) is 71.6 Å². The maximum absolute atomic E-state index is 12.8. The third kappa shape index (κ3) is 7.96. The number of aryl methyl sites for hydroxylation is 1. The number of anilines is 4. The van der Waals surface area contributed by atoms with Crippen molar-refractivity contribution in [2.24, 2.45) is 5.73 Å². The molecular weight excluding hydrogens is 570 g/mol. The van der Waals surface area contributed by atoms with Crippen LogP contribution in [-0.4, -0.2) is 120 Å². The van der Waals surface area contributed by atoms with E-state index in [2.05, 4.69) is 49.1 Å². The van der Waals surface area contributed by atoms with Gasteiger partial charge in [-0.3, -0.25) is 9.69 Å². The molecule has 0 spiro atoms. The van der Waals surface area contributed by atoms with E-state index >= 15 is 0 Å². The summed E-state index contributed by atoms with van der Waals surface area (Å²) in [6, 6.07) is 8.85. The molecule has 3 aliphatic rings. The summed E-state index contributed by atoms with van der Waals surface area (Å²) in [4.78, 5) is 46.2. The fourth-order valence-electron chi connectivity index (χ4n) is 6.52. The minimum atomic E-state index is -0.630. The Morgan fingerprint density at radius 3 is 2.20 bits per heavy atom. The van der Waals surface area contributed by atoms with Gasteiger partial charge < -0.3 is 35.4 Å². The van der Waals surface area contributed by atoms with Crippen molar-refractivity contribution in [1.29, 1.82) is 0 Å². The van der Waals surface area contributed by atoms with Gasteiger partial charge in [-0.2, -0.15) is 0 Å². The SMILES string of the molecule is CCc1nc(C(N)=O)c(Nc2ccc(N3CCC(N4CCN(C)CC4)CC3)cc2)nc1N1CCN(C(=O)OC(C)(C)C)[C@@H](C)C1. The van der Waals surface area contributed by atoms with Gasteiger partial charge in [0.15, 0.2) is 17.3 Å². The number of benzene rings is 1. The number of nitrogens with one attached hydrogen (secondary N) is 1. The fourth-order valence-corrected chi connectivity index (χ4v) is 6.52. The first-order valence-corrected chi connectivity index (χ1v) is 16.4. The molecule has 3 N–H and O–H groups in total. The van der Waals surface area contributed by atoms with Gasteiger partial charge in [-0.05, 0) is 78.3 Å². The zero-order chi connectivity index (χ0) is 32.3. The molecule has 0 aliphatic carbocycles. The molecule has 0 bridgehead atoms. The lowest BCUT2D eigenvalue weighted by atomic mass is 10.0. The minimum Gasteiger partial charge on any atom is -0.444 e. The molecule has 1 atom stereocenters. The lowest BCUT2D eigenvalue weighted by Gasteiger charge is -2.42. The Labute approximate surface area is 267 Å². The lowest BCUT2D eigenvalue weighted by molar-refractivity contribution is 0.0158. The Morgan fingerprint density at radius 2 is 1.62 bits per heavy atom. The maximum Gasteiger partial charge on any atom is 0.410 e. The molecule has 0 saturated carbocycles. The van der Waals surface area contributed by atoms with Gasteiger partial charge in [0, 0.05) is 82.4 Å². The molecule has 12 heteroatoms. The number of carbonyl (C=O) groups is 2. The molecule has 0 radical (unpaired) electrons. The number of piperazine rings is 2. The first-order valence-electron chi connectivity index (χ1n) is 16.4. The summed E-state index contributed by atoms with van der Waals surface area (Å²) in [6.45, 7) is 18.0. The Kier molecular flexibility index (Phi) is 10.0. The number of hydrogen-bond acceptors (Lipinski definition) is 10. The molecule has 2 aromatic rings.